The van der Waals surface area contributed by atoms with Crippen LogP contribution in [0.25, 0.3) is 11.5 Å². The Kier molecular flexibility index (Phi) is 3.83. The molecule has 1 atom stereocenters. The minimum absolute atomic E-state index is 0.0239. The number of nitrogens with zero attached hydrogens (tertiary/aromatic N) is 2. The Morgan fingerprint density at radius 2 is 2.32 bits per heavy atom. The van der Waals surface area contributed by atoms with Crippen molar-refractivity contribution in [2.24, 2.45) is 0 Å². The molecule has 1 aliphatic rings. The van der Waals surface area contributed by atoms with Crippen LogP contribution in [0.4, 0.5) is 0 Å². The van der Waals surface area contributed by atoms with E-state index in [1.54, 1.807) is 12.1 Å². The molecule has 0 aliphatic carbocycles. The SMILES string of the molecule is Clc1ccc(Br)c(-c2nc(C3COCCN3)no2)c1. The highest BCUT2D eigenvalue weighted by Crippen LogP contribution is 2.30. The van der Waals surface area contributed by atoms with Gasteiger partial charge in [-0.2, -0.15) is 4.98 Å². The lowest BCUT2D eigenvalue weighted by Crippen LogP contribution is -2.35. The van der Waals surface area contributed by atoms with Crippen LogP contribution in [0.2, 0.25) is 5.02 Å². The predicted molar refractivity (Wildman–Crippen MR) is 74.0 cm³/mol. The van der Waals surface area contributed by atoms with Crippen molar-refractivity contribution in [1.29, 1.82) is 0 Å². The molecule has 19 heavy (non-hydrogen) atoms. The number of hydrogen-bond acceptors (Lipinski definition) is 5. The summed E-state index contributed by atoms with van der Waals surface area (Å²) in [5.41, 5.74) is 0.781. The van der Waals surface area contributed by atoms with Crippen molar-refractivity contribution in [2.75, 3.05) is 19.8 Å². The molecule has 0 amide bonds. The van der Waals surface area contributed by atoms with E-state index in [9.17, 15) is 0 Å². The second kappa shape index (κ2) is 5.58. The summed E-state index contributed by atoms with van der Waals surface area (Å²) in [5.74, 6) is 1.04. The summed E-state index contributed by atoms with van der Waals surface area (Å²) in [6, 6.07) is 5.41. The fourth-order valence-corrected chi connectivity index (χ4v) is 2.47. The third-order valence-corrected chi connectivity index (χ3v) is 3.76. The van der Waals surface area contributed by atoms with Crippen molar-refractivity contribution in [3.63, 3.8) is 0 Å². The Morgan fingerprint density at radius 1 is 1.42 bits per heavy atom. The van der Waals surface area contributed by atoms with Crippen LogP contribution in [-0.4, -0.2) is 29.9 Å². The number of morpholine rings is 1. The summed E-state index contributed by atoms with van der Waals surface area (Å²) >= 11 is 9.42. The minimum Gasteiger partial charge on any atom is -0.378 e. The first kappa shape index (κ1) is 13.1. The molecule has 2 aromatic rings. The molecule has 1 aromatic carbocycles. The summed E-state index contributed by atoms with van der Waals surface area (Å²) in [4.78, 5) is 4.40. The van der Waals surface area contributed by atoms with Crippen LogP contribution in [0.1, 0.15) is 11.9 Å². The van der Waals surface area contributed by atoms with Crippen LogP contribution in [0, 0.1) is 0 Å². The quantitative estimate of drug-likeness (QED) is 0.908. The zero-order chi connectivity index (χ0) is 13.2. The molecule has 1 unspecified atom stereocenters. The van der Waals surface area contributed by atoms with Crippen LogP contribution in [-0.2, 0) is 4.74 Å². The van der Waals surface area contributed by atoms with E-state index in [1.165, 1.54) is 0 Å². The summed E-state index contributed by atoms with van der Waals surface area (Å²) < 4.78 is 11.5. The van der Waals surface area contributed by atoms with E-state index in [0.29, 0.717) is 30.0 Å². The molecule has 2 heterocycles. The molecule has 1 aromatic heterocycles. The van der Waals surface area contributed by atoms with Crippen LogP contribution >= 0.6 is 27.5 Å². The average Bonchev–Trinajstić information content (AvgIpc) is 2.92. The molecule has 7 heteroatoms. The topological polar surface area (TPSA) is 60.2 Å². The minimum atomic E-state index is -0.0239. The van der Waals surface area contributed by atoms with E-state index in [2.05, 4.69) is 31.4 Å². The summed E-state index contributed by atoms with van der Waals surface area (Å²) in [6.45, 7) is 2.05. The van der Waals surface area contributed by atoms with Gasteiger partial charge in [0.1, 0.15) is 0 Å². The van der Waals surface area contributed by atoms with Gasteiger partial charge in [-0.1, -0.05) is 16.8 Å². The average molecular weight is 345 g/mol. The standard InChI is InChI=1S/C12H11BrClN3O2/c13-9-2-1-7(14)5-8(9)12-16-11(17-19-12)10-6-18-4-3-15-10/h1-2,5,10,15H,3-4,6H2. The smallest absolute Gasteiger partial charge is 0.259 e. The van der Waals surface area contributed by atoms with Crippen molar-refractivity contribution in [2.45, 2.75) is 6.04 Å². The van der Waals surface area contributed by atoms with Crippen molar-refractivity contribution < 1.29 is 9.26 Å². The Bertz CT molecular complexity index is 584. The first-order valence-electron chi connectivity index (χ1n) is 5.84. The molecule has 100 valence electrons. The number of benzene rings is 1. The van der Waals surface area contributed by atoms with E-state index < -0.39 is 0 Å². The maximum absolute atomic E-state index is 5.98. The van der Waals surface area contributed by atoms with Gasteiger partial charge in [-0.15, -0.1) is 0 Å². The van der Waals surface area contributed by atoms with Crippen molar-refractivity contribution in [1.82, 2.24) is 15.5 Å². The molecule has 0 bridgehead atoms. The number of rotatable bonds is 2. The monoisotopic (exact) mass is 343 g/mol. The van der Waals surface area contributed by atoms with E-state index in [-0.39, 0.29) is 6.04 Å². The van der Waals surface area contributed by atoms with Gasteiger partial charge in [0.2, 0.25) is 0 Å². The molecular weight excluding hydrogens is 334 g/mol. The Morgan fingerprint density at radius 3 is 3.11 bits per heavy atom. The maximum atomic E-state index is 5.98. The van der Waals surface area contributed by atoms with Gasteiger partial charge >= 0.3 is 0 Å². The van der Waals surface area contributed by atoms with Crippen molar-refractivity contribution >= 4 is 27.5 Å². The lowest BCUT2D eigenvalue weighted by Gasteiger charge is -2.20. The van der Waals surface area contributed by atoms with E-state index in [0.717, 1.165) is 16.6 Å². The van der Waals surface area contributed by atoms with Gasteiger partial charge in [-0.05, 0) is 34.1 Å². The van der Waals surface area contributed by atoms with Gasteiger partial charge in [-0.3, -0.25) is 0 Å². The molecule has 3 rings (SSSR count). The van der Waals surface area contributed by atoms with Gasteiger partial charge in [0.25, 0.3) is 5.89 Å². The largest absolute Gasteiger partial charge is 0.378 e. The maximum Gasteiger partial charge on any atom is 0.259 e. The normalized spacial score (nSPS) is 19.6. The fourth-order valence-electron chi connectivity index (χ4n) is 1.88. The second-order valence-corrected chi connectivity index (χ2v) is 5.45. The van der Waals surface area contributed by atoms with Crippen LogP contribution in [0.3, 0.4) is 0 Å². The molecule has 0 spiro atoms. The summed E-state index contributed by atoms with van der Waals surface area (Å²) in [5, 5.41) is 7.90. The zero-order valence-corrected chi connectivity index (χ0v) is 12.2. The Labute approximate surface area is 123 Å². The van der Waals surface area contributed by atoms with E-state index in [1.807, 2.05) is 6.07 Å². The zero-order valence-electron chi connectivity index (χ0n) is 9.90. The summed E-state index contributed by atoms with van der Waals surface area (Å²) in [7, 11) is 0. The lowest BCUT2D eigenvalue weighted by molar-refractivity contribution is 0.0734. The third kappa shape index (κ3) is 2.81. The molecule has 0 radical (unpaired) electrons. The first-order chi connectivity index (χ1) is 9.24. The number of aromatic nitrogens is 2. The van der Waals surface area contributed by atoms with Crippen molar-refractivity contribution in [3.05, 3.63) is 33.5 Å². The van der Waals surface area contributed by atoms with Gasteiger partial charge < -0.3 is 14.6 Å². The molecule has 1 N–H and O–H groups in total. The highest BCUT2D eigenvalue weighted by molar-refractivity contribution is 9.10. The molecule has 0 saturated carbocycles. The number of halogens is 2. The second-order valence-electron chi connectivity index (χ2n) is 4.16. The molecule has 1 fully saturated rings. The Hall–Kier alpha value is -0.950. The van der Waals surface area contributed by atoms with Gasteiger partial charge in [0.05, 0.1) is 24.8 Å². The van der Waals surface area contributed by atoms with Crippen LogP contribution < -0.4 is 5.32 Å². The highest BCUT2D eigenvalue weighted by atomic mass is 79.9. The number of nitrogens with one attached hydrogen (secondary N) is 1. The van der Waals surface area contributed by atoms with Gasteiger partial charge in [0, 0.05) is 16.0 Å². The predicted octanol–water partition coefficient (Wildman–Crippen LogP) is 2.81. The van der Waals surface area contributed by atoms with Gasteiger partial charge in [0.15, 0.2) is 5.82 Å². The first-order valence-corrected chi connectivity index (χ1v) is 7.01. The molecular formula is C12H11BrClN3O2. The fraction of sp³-hybridized carbons (Fsp3) is 0.333. The Balaban J connectivity index is 1.89. The van der Waals surface area contributed by atoms with E-state index >= 15 is 0 Å². The molecule has 5 nitrogen and oxygen atoms in total. The summed E-state index contributed by atoms with van der Waals surface area (Å²) in [6.07, 6.45) is 0. The lowest BCUT2D eigenvalue weighted by atomic mass is 10.2. The van der Waals surface area contributed by atoms with Gasteiger partial charge in [-0.25, -0.2) is 0 Å². The van der Waals surface area contributed by atoms with Crippen molar-refractivity contribution in [3.8, 4) is 11.5 Å². The molecule has 1 saturated heterocycles. The number of ether oxygens (including phenoxy) is 1. The van der Waals surface area contributed by atoms with E-state index in [4.69, 9.17) is 20.9 Å². The number of hydrogen-bond donors (Lipinski definition) is 1. The van der Waals surface area contributed by atoms with Crippen LogP contribution in [0.5, 0.6) is 0 Å². The third-order valence-electron chi connectivity index (χ3n) is 2.83. The highest BCUT2D eigenvalue weighted by Gasteiger charge is 2.22. The van der Waals surface area contributed by atoms with Crippen LogP contribution in [0.15, 0.2) is 27.2 Å². The molecule has 1 aliphatic heterocycles.